The molecule has 0 N–H and O–H groups in total. The SMILES string of the molecule is FC(F)(F)COc1ccc(CSc2nncs2)cc1. The maximum Gasteiger partial charge on any atom is 0.422 e. The molecule has 0 saturated heterocycles. The highest BCUT2D eigenvalue weighted by molar-refractivity contribution is 8.00. The Labute approximate surface area is 115 Å². The minimum absolute atomic E-state index is 0.210. The van der Waals surface area contributed by atoms with E-state index in [4.69, 9.17) is 0 Å². The monoisotopic (exact) mass is 306 g/mol. The second kappa shape index (κ2) is 6.25. The molecule has 3 nitrogen and oxygen atoms in total. The molecule has 0 amide bonds. The van der Waals surface area contributed by atoms with Gasteiger partial charge in [-0.25, -0.2) is 0 Å². The molecular weight excluding hydrogens is 297 g/mol. The lowest BCUT2D eigenvalue weighted by Crippen LogP contribution is -2.19. The van der Waals surface area contributed by atoms with Crippen molar-refractivity contribution in [3.05, 3.63) is 35.3 Å². The van der Waals surface area contributed by atoms with Crippen molar-refractivity contribution in [1.82, 2.24) is 10.2 Å². The van der Waals surface area contributed by atoms with E-state index in [1.807, 2.05) is 0 Å². The molecule has 0 radical (unpaired) electrons. The van der Waals surface area contributed by atoms with Gasteiger partial charge in [0.15, 0.2) is 10.9 Å². The van der Waals surface area contributed by atoms with Gasteiger partial charge >= 0.3 is 6.18 Å². The average molecular weight is 306 g/mol. The molecule has 0 atom stereocenters. The van der Waals surface area contributed by atoms with E-state index in [1.165, 1.54) is 35.2 Å². The Hall–Kier alpha value is -1.28. The van der Waals surface area contributed by atoms with Crippen molar-refractivity contribution in [3.8, 4) is 5.75 Å². The first-order valence-corrected chi connectivity index (χ1v) is 7.07. The predicted molar refractivity (Wildman–Crippen MR) is 67.5 cm³/mol. The lowest BCUT2D eigenvalue weighted by atomic mass is 10.2. The van der Waals surface area contributed by atoms with Crippen molar-refractivity contribution >= 4 is 23.1 Å². The van der Waals surface area contributed by atoms with Gasteiger partial charge in [0, 0.05) is 5.75 Å². The molecular formula is C11H9F3N2OS2. The number of hydrogen-bond donors (Lipinski definition) is 0. The Balaban J connectivity index is 1.84. The van der Waals surface area contributed by atoms with E-state index in [0.29, 0.717) is 5.75 Å². The molecule has 8 heteroatoms. The van der Waals surface area contributed by atoms with Crippen LogP contribution in [-0.2, 0) is 5.75 Å². The maximum atomic E-state index is 12.0. The Morgan fingerprint density at radius 1 is 1.21 bits per heavy atom. The minimum atomic E-state index is -4.31. The van der Waals surface area contributed by atoms with Crippen LogP contribution in [0.15, 0.2) is 34.1 Å². The minimum Gasteiger partial charge on any atom is -0.484 e. The van der Waals surface area contributed by atoms with Crippen LogP contribution in [0, 0.1) is 0 Å². The van der Waals surface area contributed by atoms with Gasteiger partial charge in [0.25, 0.3) is 0 Å². The third-order valence-corrected chi connectivity index (χ3v) is 3.96. The lowest BCUT2D eigenvalue weighted by molar-refractivity contribution is -0.153. The van der Waals surface area contributed by atoms with Gasteiger partial charge in [-0.05, 0) is 17.7 Å². The number of nitrogens with zero attached hydrogens (tertiary/aromatic N) is 2. The summed E-state index contributed by atoms with van der Waals surface area (Å²) in [5.74, 6) is 0.899. The van der Waals surface area contributed by atoms with Crippen LogP contribution in [0.1, 0.15) is 5.56 Å². The third-order valence-electron chi connectivity index (χ3n) is 2.03. The zero-order chi connectivity index (χ0) is 13.7. The van der Waals surface area contributed by atoms with Crippen LogP contribution in [0.4, 0.5) is 13.2 Å². The van der Waals surface area contributed by atoms with Crippen molar-refractivity contribution in [1.29, 1.82) is 0 Å². The first kappa shape index (κ1) is 14.1. The fourth-order valence-corrected chi connectivity index (χ4v) is 2.66. The van der Waals surface area contributed by atoms with Gasteiger partial charge in [-0.2, -0.15) is 13.2 Å². The van der Waals surface area contributed by atoms with Crippen molar-refractivity contribution in [2.75, 3.05) is 6.61 Å². The highest BCUT2D eigenvalue weighted by Crippen LogP contribution is 2.25. The van der Waals surface area contributed by atoms with Crippen molar-refractivity contribution in [2.24, 2.45) is 0 Å². The van der Waals surface area contributed by atoms with E-state index in [-0.39, 0.29) is 5.75 Å². The normalized spacial score (nSPS) is 11.5. The molecule has 0 spiro atoms. The zero-order valence-corrected chi connectivity index (χ0v) is 11.2. The van der Waals surface area contributed by atoms with Crippen molar-refractivity contribution < 1.29 is 17.9 Å². The van der Waals surface area contributed by atoms with E-state index in [9.17, 15) is 13.2 Å². The average Bonchev–Trinajstić information content (AvgIpc) is 2.87. The Bertz CT molecular complexity index is 500. The molecule has 0 aliphatic carbocycles. The van der Waals surface area contributed by atoms with Crippen LogP contribution in [0.25, 0.3) is 0 Å². The summed E-state index contributed by atoms with van der Waals surface area (Å²) in [6.45, 7) is -1.27. The molecule has 2 aromatic rings. The summed E-state index contributed by atoms with van der Waals surface area (Å²) in [7, 11) is 0. The van der Waals surface area contributed by atoms with Gasteiger partial charge in [-0.3, -0.25) is 0 Å². The molecule has 0 unspecified atom stereocenters. The number of alkyl halides is 3. The predicted octanol–water partition coefficient (Wildman–Crippen LogP) is 3.77. The van der Waals surface area contributed by atoms with Gasteiger partial charge in [0.05, 0.1) is 0 Å². The number of aromatic nitrogens is 2. The van der Waals surface area contributed by atoms with Gasteiger partial charge in [0.2, 0.25) is 0 Å². The van der Waals surface area contributed by atoms with Gasteiger partial charge in [-0.1, -0.05) is 35.2 Å². The van der Waals surface area contributed by atoms with Crippen molar-refractivity contribution in [3.63, 3.8) is 0 Å². The molecule has 0 saturated carbocycles. The summed E-state index contributed by atoms with van der Waals surface area (Å²) in [5, 5.41) is 7.60. The molecule has 1 aromatic carbocycles. The fraction of sp³-hybridized carbons (Fsp3) is 0.273. The first-order chi connectivity index (χ1) is 9.03. The third kappa shape index (κ3) is 5.07. The second-order valence-electron chi connectivity index (χ2n) is 3.54. The summed E-state index contributed by atoms with van der Waals surface area (Å²) < 4.78 is 41.4. The van der Waals surface area contributed by atoms with E-state index < -0.39 is 12.8 Å². The first-order valence-electron chi connectivity index (χ1n) is 5.20. The highest BCUT2D eigenvalue weighted by atomic mass is 32.2. The van der Waals surface area contributed by atoms with Crippen molar-refractivity contribution in [2.45, 2.75) is 16.3 Å². The maximum absolute atomic E-state index is 12.0. The van der Waals surface area contributed by atoms with E-state index >= 15 is 0 Å². The molecule has 0 fully saturated rings. The molecule has 102 valence electrons. The molecule has 0 aliphatic heterocycles. The van der Waals surface area contributed by atoms with Gasteiger partial charge in [0.1, 0.15) is 11.3 Å². The van der Waals surface area contributed by atoms with Crippen LogP contribution in [-0.4, -0.2) is 23.0 Å². The topological polar surface area (TPSA) is 35.0 Å². The number of halogens is 3. The summed E-state index contributed by atoms with van der Waals surface area (Å²) in [4.78, 5) is 0. The summed E-state index contributed by atoms with van der Waals surface area (Å²) in [5.41, 5.74) is 2.63. The summed E-state index contributed by atoms with van der Waals surface area (Å²) in [6, 6.07) is 6.53. The lowest BCUT2D eigenvalue weighted by Gasteiger charge is -2.09. The van der Waals surface area contributed by atoms with E-state index in [1.54, 1.807) is 17.6 Å². The Morgan fingerprint density at radius 3 is 2.53 bits per heavy atom. The van der Waals surface area contributed by atoms with Crippen LogP contribution < -0.4 is 4.74 Å². The zero-order valence-electron chi connectivity index (χ0n) is 9.55. The molecule has 0 bridgehead atoms. The highest BCUT2D eigenvalue weighted by Gasteiger charge is 2.28. The molecule has 2 rings (SSSR count). The van der Waals surface area contributed by atoms with E-state index in [0.717, 1.165) is 9.90 Å². The van der Waals surface area contributed by atoms with Crippen LogP contribution in [0.3, 0.4) is 0 Å². The summed E-state index contributed by atoms with van der Waals surface area (Å²) >= 11 is 2.97. The number of benzene rings is 1. The fourth-order valence-electron chi connectivity index (χ4n) is 1.22. The summed E-state index contributed by atoms with van der Waals surface area (Å²) in [6.07, 6.45) is -4.31. The van der Waals surface area contributed by atoms with E-state index in [2.05, 4.69) is 14.9 Å². The second-order valence-corrected chi connectivity index (χ2v) is 5.60. The van der Waals surface area contributed by atoms with Crippen LogP contribution >= 0.6 is 23.1 Å². The number of rotatable bonds is 5. The van der Waals surface area contributed by atoms with Crippen LogP contribution in [0.2, 0.25) is 0 Å². The molecule has 19 heavy (non-hydrogen) atoms. The van der Waals surface area contributed by atoms with Crippen LogP contribution in [0.5, 0.6) is 5.75 Å². The molecule has 1 heterocycles. The molecule has 0 aliphatic rings. The quantitative estimate of drug-likeness (QED) is 0.788. The standard InChI is InChI=1S/C11H9F3N2OS2/c12-11(13,14)6-17-9-3-1-8(2-4-9)5-18-10-16-15-7-19-10/h1-4,7H,5-6H2. The Morgan fingerprint density at radius 2 is 1.95 bits per heavy atom. The number of ether oxygens (including phenoxy) is 1. The number of thioether (sulfide) groups is 1. The van der Waals surface area contributed by atoms with Gasteiger partial charge in [-0.15, -0.1) is 10.2 Å². The smallest absolute Gasteiger partial charge is 0.422 e. The van der Waals surface area contributed by atoms with Gasteiger partial charge < -0.3 is 4.74 Å². The Kier molecular flexibility index (Phi) is 4.65. The molecule has 1 aromatic heterocycles. The largest absolute Gasteiger partial charge is 0.484 e. The number of hydrogen-bond acceptors (Lipinski definition) is 5.